The normalized spacial score (nSPS) is 18.1. The van der Waals surface area contributed by atoms with E-state index < -0.39 is 0 Å². The Morgan fingerprint density at radius 3 is 2.14 bits per heavy atom. The van der Waals surface area contributed by atoms with E-state index in [0.717, 1.165) is 56.4 Å². The Balaban J connectivity index is 1.37. The van der Waals surface area contributed by atoms with Crippen LogP contribution in [-0.4, -0.2) is 87.2 Å². The highest BCUT2D eigenvalue weighted by Gasteiger charge is 2.24. The van der Waals surface area contributed by atoms with Gasteiger partial charge in [0.1, 0.15) is 11.4 Å². The van der Waals surface area contributed by atoms with Crippen molar-refractivity contribution in [1.29, 1.82) is 0 Å². The third kappa shape index (κ3) is 4.45. The third-order valence-electron chi connectivity index (χ3n) is 5.84. The van der Waals surface area contributed by atoms with Gasteiger partial charge in [-0.3, -0.25) is 9.78 Å². The smallest absolute Gasteiger partial charge is 0.272 e. The number of ether oxygens (including phenoxy) is 1. The first-order chi connectivity index (χ1) is 14.1. The van der Waals surface area contributed by atoms with Crippen LogP contribution in [0.4, 0.5) is 11.4 Å². The molecule has 0 unspecified atom stereocenters. The molecule has 0 radical (unpaired) electrons. The molecule has 0 atom stereocenters. The van der Waals surface area contributed by atoms with Gasteiger partial charge in [-0.2, -0.15) is 0 Å². The van der Waals surface area contributed by atoms with E-state index in [1.54, 1.807) is 13.3 Å². The first-order valence-electron chi connectivity index (χ1n) is 10.2. The van der Waals surface area contributed by atoms with Crippen molar-refractivity contribution in [1.82, 2.24) is 14.8 Å². The summed E-state index contributed by atoms with van der Waals surface area (Å²) >= 11 is 0. The van der Waals surface area contributed by atoms with Gasteiger partial charge in [0.15, 0.2) is 0 Å². The molecule has 2 saturated heterocycles. The Labute approximate surface area is 172 Å². The number of amides is 1. The first-order valence-corrected chi connectivity index (χ1v) is 10.2. The zero-order valence-electron chi connectivity index (χ0n) is 17.3. The number of piperazine rings is 2. The van der Waals surface area contributed by atoms with Crippen LogP contribution in [0.2, 0.25) is 0 Å². The summed E-state index contributed by atoms with van der Waals surface area (Å²) in [6.45, 7) is 7.07. The number of rotatable bonds is 4. The number of carbonyl (C=O) groups excluding carboxylic acids is 1. The Morgan fingerprint density at radius 1 is 0.862 bits per heavy atom. The highest BCUT2D eigenvalue weighted by atomic mass is 16.5. The van der Waals surface area contributed by atoms with Crippen LogP contribution in [0.3, 0.4) is 0 Å². The van der Waals surface area contributed by atoms with E-state index in [4.69, 9.17) is 4.74 Å². The molecule has 0 bridgehead atoms. The number of carbonyl (C=O) groups is 1. The van der Waals surface area contributed by atoms with Gasteiger partial charge in [0.2, 0.25) is 0 Å². The van der Waals surface area contributed by atoms with Gasteiger partial charge in [0.25, 0.3) is 5.91 Å². The molecule has 3 heterocycles. The van der Waals surface area contributed by atoms with Crippen LogP contribution in [0.15, 0.2) is 42.6 Å². The van der Waals surface area contributed by atoms with Crippen molar-refractivity contribution in [3.05, 3.63) is 48.3 Å². The largest absolute Gasteiger partial charge is 0.497 e. The van der Waals surface area contributed by atoms with Crippen molar-refractivity contribution in [2.45, 2.75) is 0 Å². The second-order valence-electron chi connectivity index (χ2n) is 7.67. The van der Waals surface area contributed by atoms with E-state index in [2.05, 4.69) is 38.9 Å². The van der Waals surface area contributed by atoms with E-state index in [1.807, 2.05) is 29.2 Å². The SMILES string of the molecule is COc1ccc(N2CCN(C(=O)c3cc(N4CCN(C)CC4)ccn3)CC2)cc1. The zero-order valence-corrected chi connectivity index (χ0v) is 17.3. The lowest BCUT2D eigenvalue weighted by Gasteiger charge is -2.36. The number of methoxy groups -OCH3 is 1. The summed E-state index contributed by atoms with van der Waals surface area (Å²) in [6.07, 6.45) is 1.76. The molecule has 0 spiro atoms. The summed E-state index contributed by atoms with van der Waals surface area (Å²) in [5.41, 5.74) is 2.79. The minimum absolute atomic E-state index is 0.0235. The number of anilines is 2. The highest BCUT2D eigenvalue weighted by molar-refractivity contribution is 5.93. The van der Waals surface area contributed by atoms with Crippen molar-refractivity contribution in [2.75, 3.05) is 76.3 Å². The summed E-state index contributed by atoms with van der Waals surface area (Å²) in [5.74, 6) is 0.879. The lowest BCUT2D eigenvalue weighted by atomic mass is 10.2. The molecule has 1 aromatic heterocycles. The number of aromatic nitrogens is 1. The lowest BCUT2D eigenvalue weighted by Crippen LogP contribution is -2.49. The summed E-state index contributed by atoms with van der Waals surface area (Å²) in [5, 5.41) is 0. The number of nitrogens with zero attached hydrogens (tertiary/aromatic N) is 5. The van der Waals surface area contributed by atoms with E-state index in [1.165, 1.54) is 0 Å². The zero-order chi connectivity index (χ0) is 20.2. The molecule has 0 saturated carbocycles. The average molecular weight is 396 g/mol. The van der Waals surface area contributed by atoms with E-state index in [9.17, 15) is 4.79 Å². The quantitative estimate of drug-likeness (QED) is 0.787. The molecule has 0 aliphatic carbocycles. The Bertz CT molecular complexity index is 825. The van der Waals surface area contributed by atoms with Gasteiger partial charge in [-0.25, -0.2) is 0 Å². The summed E-state index contributed by atoms with van der Waals surface area (Å²) in [4.78, 5) is 26.3. The molecule has 1 amide bonds. The van der Waals surface area contributed by atoms with Crippen molar-refractivity contribution < 1.29 is 9.53 Å². The van der Waals surface area contributed by atoms with E-state index in [0.29, 0.717) is 18.8 Å². The summed E-state index contributed by atoms with van der Waals surface area (Å²) in [6, 6.07) is 12.0. The van der Waals surface area contributed by atoms with Gasteiger partial charge < -0.3 is 24.3 Å². The molecule has 1 aromatic carbocycles. The van der Waals surface area contributed by atoms with Crippen molar-refractivity contribution >= 4 is 17.3 Å². The van der Waals surface area contributed by atoms with Gasteiger partial charge >= 0.3 is 0 Å². The number of pyridine rings is 1. The maximum Gasteiger partial charge on any atom is 0.272 e. The fourth-order valence-electron chi connectivity index (χ4n) is 3.92. The lowest BCUT2D eigenvalue weighted by molar-refractivity contribution is 0.0741. The van der Waals surface area contributed by atoms with Gasteiger partial charge in [-0.1, -0.05) is 0 Å². The topological polar surface area (TPSA) is 52.2 Å². The van der Waals surface area contributed by atoms with E-state index in [-0.39, 0.29) is 5.91 Å². The van der Waals surface area contributed by atoms with Crippen LogP contribution in [-0.2, 0) is 0 Å². The molecular formula is C22H29N5O2. The Hall–Kier alpha value is -2.80. The second-order valence-corrected chi connectivity index (χ2v) is 7.67. The minimum Gasteiger partial charge on any atom is -0.497 e. The maximum atomic E-state index is 13.0. The number of hydrogen-bond donors (Lipinski definition) is 0. The molecule has 154 valence electrons. The number of benzene rings is 1. The second kappa shape index (κ2) is 8.69. The number of likely N-dealkylation sites (N-methyl/N-ethyl adjacent to an activating group) is 1. The standard InChI is InChI=1S/C22H29N5O2/c1-24-9-11-26(12-10-24)19-7-8-23-21(17-19)22(28)27-15-13-25(14-16-27)18-3-5-20(29-2)6-4-18/h3-8,17H,9-16H2,1-2H3. The van der Waals surface area contributed by atoms with Crippen LogP contribution in [0.1, 0.15) is 10.5 Å². The fourth-order valence-corrected chi connectivity index (χ4v) is 3.92. The van der Waals surface area contributed by atoms with Crippen LogP contribution < -0.4 is 14.5 Å². The van der Waals surface area contributed by atoms with Gasteiger partial charge in [0, 0.05) is 69.9 Å². The average Bonchev–Trinajstić information content (AvgIpc) is 2.79. The molecule has 4 rings (SSSR count). The summed E-state index contributed by atoms with van der Waals surface area (Å²) < 4.78 is 5.23. The molecule has 0 N–H and O–H groups in total. The van der Waals surface area contributed by atoms with E-state index >= 15 is 0 Å². The predicted molar refractivity (Wildman–Crippen MR) is 115 cm³/mol. The molecule has 7 nitrogen and oxygen atoms in total. The predicted octanol–water partition coefficient (Wildman–Crippen LogP) is 1.80. The Kier molecular flexibility index (Phi) is 5.85. The molecule has 2 fully saturated rings. The molecular weight excluding hydrogens is 366 g/mol. The first kappa shape index (κ1) is 19.5. The summed E-state index contributed by atoms with van der Waals surface area (Å²) in [7, 11) is 3.82. The van der Waals surface area contributed by atoms with Crippen LogP contribution >= 0.6 is 0 Å². The van der Waals surface area contributed by atoms with Crippen LogP contribution in [0.5, 0.6) is 5.75 Å². The van der Waals surface area contributed by atoms with Gasteiger partial charge in [-0.05, 0) is 43.4 Å². The molecule has 7 heteroatoms. The molecule has 29 heavy (non-hydrogen) atoms. The van der Waals surface area contributed by atoms with Gasteiger partial charge in [0.05, 0.1) is 7.11 Å². The van der Waals surface area contributed by atoms with Crippen LogP contribution in [0.25, 0.3) is 0 Å². The molecule has 2 aliphatic heterocycles. The highest BCUT2D eigenvalue weighted by Crippen LogP contribution is 2.22. The van der Waals surface area contributed by atoms with Crippen molar-refractivity contribution in [2.24, 2.45) is 0 Å². The monoisotopic (exact) mass is 395 g/mol. The minimum atomic E-state index is 0.0235. The van der Waals surface area contributed by atoms with Crippen molar-refractivity contribution in [3.8, 4) is 5.75 Å². The maximum absolute atomic E-state index is 13.0. The Morgan fingerprint density at radius 2 is 1.48 bits per heavy atom. The third-order valence-corrected chi connectivity index (χ3v) is 5.84. The molecule has 2 aromatic rings. The molecule has 2 aliphatic rings. The van der Waals surface area contributed by atoms with Gasteiger partial charge in [-0.15, -0.1) is 0 Å². The fraction of sp³-hybridized carbons (Fsp3) is 0.455. The number of hydrogen-bond acceptors (Lipinski definition) is 6. The van der Waals surface area contributed by atoms with Crippen molar-refractivity contribution in [3.63, 3.8) is 0 Å². The van der Waals surface area contributed by atoms with Crippen LogP contribution in [0, 0.1) is 0 Å².